The van der Waals surface area contributed by atoms with Gasteiger partial charge in [-0.1, -0.05) is 239 Å². The number of hydrogen-bond donors (Lipinski definition) is 4. The van der Waals surface area contributed by atoms with Crippen LogP contribution in [0.15, 0.2) is 0 Å². The van der Waals surface area contributed by atoms with Gasteiger partial charge in [-0.25, -0.2) is 0 Å². The van der Waals surface area contributed by atoms with E-state index in [1.54, 1.807) is 0 Å². The molecule has 0 aromatic rings. The first-order valence-corrected chi connectivity index (χ1v) is 26.1. The molecule has 4 N–H and O–H groups in total. The highest BCUT2D eigenvalue weighted by Gasteiger charge is 2.44. The average Bonchev–Trinajstić information content (AvgIpc) is 3.25. The minimum Gasteiger partial charge on any atom is -0.457 e. The number of carbonyl (C=O) groups excluding carboxylic acids is 1. The molecule has 60 heavy (non-hydrogen) atoms. The third-order valence-corrected chi connectivity index (χ3v) is 12.5. The van der Waals surface area contributed by atoms with E-state index < -0.39 is 43.4 Å². The van der Waals surface area contributed by atoms with Crippen molar-refractivity contribution in [3.05, 3.63) is 0 Å². The second-order valence-corrected chi connectivity index (χ2v) is 18.3. The van der Waals surface area contributed by atoms with Crippen molar-refractivity contribution >= 4 is 5.97 Å². The summed E-state index contributed by atoms with van der Waals surface area (Å²) in [4.78, 5) is 12.8. The van der Waals surface area contributed by atoms with Crippen LogP contribution in [0.25, 0.3) is 0 Å². The van der Waals surface area contributed by atoms with Crippen LogP contribution in [0.4, 0.5) is 0 Å². The van der Waals surface area contributed by atoms with E-state index in [0.717, 1.165) is 32.1 Å². The van der Waals surface area contributed by atoms with Crippen molar-refractivity contribution in [2.75, 3.05) is 26.4 Å². The molecule has 6 atom stereocenters. The third-order valence-electron chi connectivity index (χ3n) is 12.5. The Bertz CT molecular complexity index is 889. The normalized spacial score (nSPS) is 19.9. The van der Waals surface area contributed by atoms with Crippen molar-refractivity contribution in [1.82, 2.24) is 0 Å². The molecule has 0 spiro atoms. The lowest BCUT2D eigenvalue weighted by Gasteiger charge is -2.39. The first-order chi connectivity index (χ1) is 29.4. The van der Waals surface area contributed by atoms with Crippen LogP contribution >= 0.6 is 0 Å². The lowest BCUT2D eigenvalue weighted by atomic mass is 9.99. The SMILES string of the molecule is CCCCCCCCCCCCCCCCCCCCCCCOCC(COC1OC(CO)C(O)C(O)C1O)OC(=O)CCCCCCCCCCCCCCCCCC. The molecule has 0 saturated carbocycles. The lowest BCUT2D eigenvalue weighted by Crippen LogP contribution is -2.59. The van der Waals surface area contributed by atoms with Gasteiger partial charge in [-0.05, 0) is 12.8 Å². The molecule has 0 aromatic carbocycles. The molecular weight excluding hydrogens is 757 g/mol. The van der Waals surface area contributed by atoms with E-state index in [2.05, 4.69) is 13.8 Å². The van der Waals surface area contributed by atoms with Crippen molar-refractivity contribution < 1.29 is 44.2 Å². The monoisotopic (exact) mass is 857 g/mol. The number of unbranched alkanes of at least 4 members (excludes halogenated alkanes) is 35. The van der Waals surface area contributed by atoms with Crippen molar-refractivity contribution in [1.29, 1.82) is 0 Å². The summed E-state index contributed by atoms with van der Waals surface area (Å²) in [5.74, 6) is -0.305. The Morgan fingerprint density at radius 2 is 0.817 bits per heavy atom. The minimum atomic E-state index is -1.53. The van der Waals surface area contributed by atoms with Gasteiger partial charge in [0.15, 0.2) is 6.29 Å². The molecule has 1 fully saturated rings. The fraction of sp³-hybridized carbons (Fsp3) is 0.980. The van der Waals surface area contributed by atoms with Gasteiger partial charge in [0.25, 0.3) is 0 Å². The maximum absolute atomic E-state index is 12.8. The standard InChI is InChI=1S/C51H100O9/c1-3-5-7-9-11-13-15-17-19-21-22-23-24-25-27-29-31-33-35-37-39-41-57-43-45(44-58-51-50(56)49(55)48(54)46(42-52)60-51)59-47(53)40-38-36-34-32-30-28-26-20-18-16-14-12-10-8-6-4-2/h45-46,48-52,54-56H,3-44H2,1-2H3. The van der Waals surface area contributed by atoms with Crippen LogP contribution in [0.5, 0.6) is 0 Å². The van der Waals surface area contributed by atoms with Gasteiger partial charge in [0.05, 0.1) is 19.8 Å². The zero-order chi connectivity index (χ0) is 43.6. The zero-order valence-corrected chi connectivity index (χ0v) is 39.5. The zero-order valence-electron chi connectivity index (χ0n) is 39.5. The molecule has 0 radical (unpaired) electrons. The van der Waals surface area contributed by atoms with Crippen molar-refractivity contribution in [3.63, 3.8) is 0 Å². The van der Waals surface area contributed by atoms with Gasteiger partial charge in [0.1, 0.15) is 30.5 Å². The van der Waals surface area contributed by atoms with Gasteiger partial charge < -0.3 is 39.4 Å². The molecule has 6 unspecified atom stereocenters. The second kappa shape index (κ2) is 43.4. The summed E-state index contributed by atoms with van der Waals surface area (Å²) < 4.78 is 22.9. The number of carbonyl (C=O) groups is 1. The van der Waals surface area contributed by atoms with Crippen LogP contribution in [0, 0.1) is 0 Å². The van der Waals surface area contributed by atoms with Crippen LogP contribution in [0.3, 0.4) is 0 Å². The summed E-state index contributed by atoms with van der Waals surface area (Å²) in [5, 5.41) is 40.2. The molecule has 0 amide bonds. The van der Waals surface area contributed by atoms with Crippen LogP contribution in [0.2, 0.25) is 0 Å². The molecule has 9 heteroatoms. The Morgan fingerprint density at radius 1 is 0.467 bits per heavy atom. The topological polar surface area (TPSA) is 135 Å². The van der Waals surface area contributed by atoms with Gasteiger partial charge in [-0.2, -0.15) is 0 Å². The molecule has 1 heterocycles. The Morgan fingerprint density at radius 3 is 1.18 bits per heavy atom. The molecule has 0 aliphatic carbocycles. The number of hydrogen-bond acceptors (Lipinski definition) is 9. The van der Waals surface area contributed by atoms with E-state index >= 15 is 0 Å². The van der Waals surface area contributed by atoms with Gasteiger partial charge in [0, 0.05) is 13.0 Å². The molecule has 0 aromatic heterocycles. The highest BCUT2D eigenvalue weighted by molar-refractivity contribution is 5.69. The fourth-order valence-electron chi connectivity index (χ4n) is 8.44. The first-order valence-electron chi connectivity index (χ1n) is 26.1. The summed E-state index contributed by atoms with van der Waals surface area (Å²) in [6, 6.07) is 0. The van der Waals surface area contributed by atoms with E-state index in [0.29, 0.717) is 13.0 Å². The predicted molar refractivity (Wildman–Crippen MR) is 247 cm³/mol. The number of rotatable bonds is 46. The van der Waals surface area contributed by atoms with Crippen molar-refractivity contribution in [2.45, 2.75) is 295 Å². The Labute approximate surface area is 370 Å². The van der Waals surface area contributed by atoms with E-state index in [1.165, 1.54) is 205 Å². The summed E-state index contributed by atoms with van der Waals surface area (Å²) in [7, 11) is 0. The first kappa shape index (κ1) is 57.2. The highest BCUT2D eigenvalue weighted by atomic mass is 16.7. The smallest absolute Gasteiger partial charge is 0.306 e. The largest absolute Gasteiger partial charge is 0.457 e. The maximum Gasteiger partial charge on any atom is 0.306 e. The number of aliphatic hydroxyl groups is 4. The van der Waals surface area contributed by atoms with Crippen LogP contribution in [0.1, 0.15) is 258 Å². The highest BCUT2D eigenvalue weighted by Crippen LogP contribution is 2.23. The Kier molecular flexibility index (Phi) is 41.4. The molecule has 0 bridgehead atoms. The van der Waals surface area contributed by atoms with E-state index in [9.17, 15) is 25.2 Å². The third kappa shape index (κ3) is 33.7. The van der Waals surface area contributed by atoms with E-state index in [-0.39, 0.29) is 19.2 Å². The number of aliphatic hydroxyl groups excluding tert-OH is 4. The van der Waals surface area contributed by atoms with E-state index in [1.807, 2.05) is 0 Å². The van der Waals surface area contributed by atoms with Gasteiger partial charge in [-0.15, -0.1) is 0 Å². The molecule has 1 aliphatic heterocycles. The maximum atomic E-state index is 12.8. The fourth-order valence-corrected chi connectivity index (χ4v) is 8.44. The van der Waals surface area contributed by atoms with Crippen LogP contribution in [-0.4, -0.2) is 89.6 Å². The molecule has 9 nitrogen and oxygen atoms in total. The van der Waals surface area contributed by atoms with Crippen LogP contribution < -0.4 is 0 Å². The average molecular weight is 857 g/mol. The van der Waals surface area contributed by atoms with Crippen molar-refractivity contribution in [3.8, 4) is 0 Å². The van der Waals surface area contributed by atoms with Crippen LogP contribution in [-0.2, 0) is 23.7 Å². The van der Waals surface area contributed by atoms with Gasteiger partial charge in [0.2, 0.25) is 0 Å². The lowest BCUT2D eigenvalue weighted by molar-refractivity contribution is -0.305. The van der Waals surface area contributed by atoms with E-state index in [4.69, 9.17) is 18.9 Å². The Balaban J connectivity index is 2.17. The second-order valence-electron chi connectivity index (χ2n) is 18.3. The number of ether oxygens (including phenoxy) is 4. The molecule has 1 aliphatic rings. The minimum absolute atomic E-state index is 0.104. The van der Waals surface area contributed by atoms with Gasteiger partial charge >= 0.3 is 5.97 Å². The molecule has 358 valence electrons. The Hall–Kier alpha value is -0.810. The summed E-state index contributed by atoms with van der Waals surface area (Å²) in [6.07, 6.45) is 41.4. The quantitative estimate of drug-likeness (QED) is 0.0348. The molecule has 1 saturated heterocycles. The summed E-state index contributed by atoms with van der Waals surface area (Å²) in [6.45, 7) is 4.63. The molecule has 1 rings (SSSR count). The van der Waals surface area contributed by atoms with Crippen molar-refractivity contribution in [2.24, 2.45) is 0 Å². The summed E-state index contributed by atoms with van der Waals surface area (Å²) in [5.41, 5.74) is 0. The number of esters is 1. The summed E-state index contributed by atoms with van der Waals surface area (Å²) >= 11 is 0. The predicted octanol–water partition coefficient (Wildman–Crippen LogP) is 12.6. The molecular formula is C51H100O9. The van der Waals surface area contributed by atoms with Gasteiger partial charge in [-0.3, -0.25) is 4.79 Å².